The number of hydrogen-bond acceptors (Lipinski definition) is 6. The maximum absolute atomic E-state index is 15.5. The Morgan fingerprint density at radius 2 is 1.63 bits per heavy atom. The number of aryl methyl sites for hydroxylation is 1. The number of carboxylic acids is 1. The van der Waals surface area contributed by atoms with Gasteiger partial charge in [0.05, 0.1) is 30.2 Å². The maximum Gasteiger partial charge on any atom is 0.307 e. The van der Waals surface area contributed by atoms with Crippen molar-refractivity contribution in [1.82, 2.24) is 10.6 Å². The molecule has 6 saturated carbocycles. The Bertz CT molecular complexity index is 3860. The lowest BCUT2D eigenvalue weighted by Gasteiger charge is -2.75. The molecule has 15 bridgehead atoms. The van der Waals surface area contributed by atoms with E-state index in [0.29, 0.717) is 30.6 Å². The summed E-state index contributed by atoms with van der Waals surface area (Å²) in [6.07, 6.45) is 45.4. The molecule has 12 aliphatic carbocycles. The second-order valence-corrected chi connectivity index (χ2v) is 34.1. The third-order valence-electron chi connectivity index (χ3n) is 30.2. The van der Waals surface area contributed by atoms with Crippen molar-refractivity contribution in [1.29, 1.82) is 0 Å². The average molecular weight is 1250 g/mol. The fraction of sp³-hybridized carbons (Fsp3) is 0.593. The van der Waals surface area contributed by atoms with Gasteiger partial charge in [0.1, 0.15) is 0 Å². The number of rotatable bonds is 7. The van der Waals surface area contributed by atoms with Gasteiger partial charge < -0.3 is 31.1 Å². The van der Waals surface area contributed by atoms with Crippen LogP contribution in [0.5, 0.6) is 0 Å². The molecule has 18 aliphatic rings. The van der Waals surface area contributed by atoms with Gasteiger partial charge >= 0.3 is 5.97 Å². The van der Waals surface area contributed by atoms with Crippen LogP contribution in [0, 0.1) is 97.1 Å². The van der Waals surface area contributed by atoms with E-state index in [0.717, 1.165) is 134 Å². The molecule has 4 spiro atoms. The molecule has 6 N–H and O–H groups in total. The number of carbonyl (C=O) groups is 1. The molecule has 0 unspecified atom stereocenters. The van der Waals surface area contributed by atoms with E-state index in [2.05, 4.69) is 153 Å². The van der Waals surface area contributed by atoms with Crippen molar-refractivity contribution in [3.8, 4) is 0 Å². The van der Waals surface area contributed by atoms with Crippen LogP contribution in [0.1, 0.15) is 198 Å². The Hall–Kier alpha value is -5.63. The number of aliphatic carboxylic acids is 1. The van der Waals surface area contributed by atoms with Gasteiger partial charge in [-0.2, -0.15) is 0 Å². The first kappa shape index (κ1) is 61.0. The topological polar surface area (TPSA) is 122 Å². The number of benzene rings is 3. The molecule has 7 nitrogen and oxygen atoms in total. The summed E-state index contributed by atoms with van der Waals surface area (Å²) < 4.78 is 0. The number of aliphatic hydroxyl groups is 3. The first-order chi connectivity index (χ1) is 45.2. The van der Waals surface area contributed by atoms with Gasteiger partial charge in [-0.15, -0.1) is 0 Å². The molecule has 7 heteroatoms. The van der Waals surface area contributed by atoms with Crippen LogP contribution >= 0.6 is 0 Å². The van der Waals surface area contributed by atoms with Crippen molar-refractivity contribution in [2.24, 2.45) is 97.1 Å². The van der Waals surface area contributed by atoms with Gasteiger partial charge in [-0.3, -0.25) is 4.79 Å². The Morgan fingerprint density at radius 3 is 2.45 bits per heavy atom. The zero-order chi connectivity index (χ0) is 63.3. The molecule has 0 amide bonds. The maximum atomic E-state index is 15.5. The predicted octanol–water partition coefficient (Wildman–Crippen LogP) is 16.5. The largest absolute Gasteiger partial charge is 0.516 e. The molecule has 0 saturated heterocycles. The average Bonchev–Trinajstić information content (AvgIpc) is 1.57. The van der Waals surface area contributed by atoms with Crippen LogP contribution in [0.4, 0.5) is 0 Å². The van der Waals surface area contributed by atoms with Crippen molar-refractivity contribution < 1.29 is 25.2 Å². The quantitative estimate of drug-likeness (QED) is 0.103. The molecular formula is C86H106N2O5. The zero-order valence-electron chi connectivity index (χ0n) is 56.3. The SMILES string of the molecule is CC(C)CC1=CC[C@]2(C)[C@@H](O)CC[C@@]34C5=C6C[C@@]1(C=C1C(=c7ccccc7=C[C@H]13)Cc1cccc(c1)C1=CC=C(NCCC[C@@H](C3CCCCC3)/C(=C/O)CC[C@@H](C(=O)O)[C@]37C=C[C@@H]8[C@H](CC[C@]89CC[C@H](CCc8ccccc8)C9)[C@]68[C@H](CCC[C@@]38CC5)[C@H]7O)NC1)[C@@H]24. The van der Waals surface area contributed by atoms with Gasteiger partial charge in [0.15, 0.2) is 0 Å². The normalized spacial score (nSPS) is 41.7. The molecule has 93 heavy (non-hydrogen) atoms. The van der Waals surface area contributed by atoms with Crippen molar-refractivity contribution >= 4 is 23.2 Å². The van der Waals surface area contributed by atoms with E-state index >= 15 is 4.79 Å². The highest BCUT2D eigenvalue weighted by atomic mass is 16.4. The molecule has 3 aromatic carbocycles. The highest BCUT2D eigenvalue weighted by Gasteiger charge is 2.85. The lowest BCUT2D eigenvalue weighted by molar-refractivity contribution is -0.178. The predicted molar refractivity (Wildman–Crippen MR) is 373 cm³/mol. The molecule has 6 aliphatic heterocycles. The number of fused-ring (bicyclic) bond motifs is 3. The van der Waals surface area contributed by atoms with Gasteiger partial charge in [-0.25, -0.2) is 0 Å². The summed E-state index contributed by atoms with van der Waals surface area (Å²) in [5.74, 6) is 1.90. The van der Waals surface area contributed by atoms with Crippen LogP contribution in [0.25, 0.3) is 17.2 Å². The van der Waals surface area contributed by atoms with Gasteiger partial charge in [0.25, 0.3) is 0 Å². The number of hydrogen-bond donors (Lipinski definition) is 6. The van der Waals surface area contributed by atoms with Crippen molar-refractivity contribution in [2.75, 3.05) is 13.1 Å². The molecular weight excluding hydrogens is 1140 g/mol. The fourth-order valence-electron chi connectivity index (χ4n) is 27.2. The summed E-state index contributed by atoms with van der Waals surface area (Å²) in [5.41, 5.74) is 11.4. The molecule has 0 aromatic heterocycles. The second-order valence-electron chi connectivity index (χ2n) is 34.1. The highest BCUT2D eigenvalue weighted by molar-refractivity contribution is 5.78. The summed E-state index contributed by atoms with van der Waals surface area (Å²) in [5, 5.41) is 62.5. The number of carboxylic acid groups (broad SMARTS) is 1. The van der Waals surface area contributed by atoms with Crippen LogP contribution in [-0.2, 0) is 17.6 Å². The van der Waals surface area contributed by atoms with Gasteiger partial charge in [0.2, 0.25) is 0 Å². The molecule has 6 heterocycles. The minimum absolute atomic E-state index is 0.0741. The number of aliphatic hydroxyl groups excluding tert-OH is 3. The Morgan fingerprint density at radius 1 is 0.796 bits per heavy atom. The monoisotopic (exact) mass is 1250 g/mol. The van der Waals surface area contributed by atoms with Crippen molar-refractivity contribution in [2.45, 2.75) is 206 Å². The van der Waals surface area contributed by atoms with Crippen LogP contribution < -0.4 is 21.1 Å². The number of nitrogens with one attached hydrogen (secondary N) is 2. The third kappa shape index (κ3) is 8.66. The van der Waals surface area contributed by atoms with Crippen LogP contribution in [0.15, 0.2) is 155 Å². The Labute approximate surface area is 555 Å². The van der Waals surface area contributed by atoms with Gasteiger partial charge in [0, 0.05) is 46.1 Å². The minimum atomic E-state index is -1.01. The summed E-state index contributed by atoms with van der Waals surface area (Å²) in [4.78, 5) is 15.5. The first-order valence-electron chi connectivity index (χ1n) is 37.8. The standard InChI is InChI=1S/C86H106N2O5/c1-54(2)45-63-32-38-80(3)75(90)36-42-84-69-34-41-83-37-13-24-71-77(91)85(83)43-35-68-70(33-40-81(68)39-31-56(49-81)26-25-55-15-6-4-7-16-55)86(71,83)74(69)51-82(63,79(80)84)50-67-66(65-22-11-10-20-60(65)48-73(67)84)47-57-17-12-21-59(46-57)61-28-30-76(88-52-61)87-44-14-23-64(58-18-8-5-9-19-58)62(53-89)27-29-72(85)78(92)93/h4,6-7,10-12,15-17,20-22,28,30,32,35,43,46,48,50,53-54,56,58,64,68,70-73,75,77,79,87-91H,5,8-9,13-14,18-19,23-27,29,31,33-34,36-42,44-45,47,49,51-52H2,1-3H3,(H,92,93)/b62-53+/t56-,64-,68+,70-,71+,72-,73+,75-,77+,79+,80+,81-,82+,83+,84+,85-,86-/m0/s1. The van der Waals surface area contributed by atoms with E-state index < -0.39 is 45.8 Å². The third-order valence-corrected chi connectivity index (χ3v) is 30.2. The van der Waals surface area contributed by atoms with Crippen molar-refractivity contribution in [3.63, 3.8) is 0 Å². The van der Waals surface area contributed by atoms with E-state index in [1.54, 1.807) is 16.7 Å². The van der Waals surface area contributed by atoms with Gasteiger partial charge in [-0.1, -0.05) is 178 Å². The Balaban J connectivity index is 0.910. The summed E-state index contributed by atoms with van der Waals surface area (Å²) in [6, 6.07) is 30.0. The molecule has 490 valence electrons. The van der Waals surface area contributed by atoms with Crippen LogP contribution in [-0.4, -0.2) is 51.7 Å². The summed E-state index contributed by atoms with van der Waals surface area (Å²) in [6.45, 7) is 8.93. The molecule has 6 fully saturated rings. The van der Waals surface area contributed by atoms with Gasteiger partial charge in [-0.05, 0) is 261 Å². The van der Waals surface area contributed by atoms with E-state index in [1.165, 1.54) is 101 Å². The second kappa shape index (κ2) is 22.7. The smallest absolute Gasteiger partial charge is 0.307 e. The van der Waals surface area contributed by atoms with E-state index in [4.69, 9.17) is 0 Å². The highest BCUT2D eigenvalue weighted by Crippen LogP contribution is 2.89. The Kier molecular flexibility index (Phi) is 14.9. The molecule has 21 rings (SSSR count). The number of dihydropyridines is 1. The van der Waals surface area contributed by atoms with Crippen molar-refractivity contribution in [3.05, 3.63) is 182 Å². The summed E-state index contributed by atoms with van der Waals surface area (Å²) in [7, 11) is 0. The molecule has 3 aromatic rings. The molecule has 17 atom stereocenters. The lowest BCUT2D eigenvalue weighted by atomic mass is 9.28. The lowest BCUT2D eigenvalue weighted by Crippen LogP contribution is -2.70. The van der Waals surface area contributed by atoms with Crippen LogP contribution in [0.3, 0.4) is 0 Å². The first-order valence-corrected chi connectivity index (χ1v) is 37.8. The van der Waals surface area contributed by atoms with E-state index in [1.807, 2.05) is 0 Å². The fourth-order valence-corrected chi connectivity index (χ4v) is 27.2. The summed E-state index contributed by atoms with van der Waals surface area (Å²) >= 11 is 0. The molecule has 0 radical (unpaired) electrons. The van der Waals surface area contributed by atoms with E-state index in [-0.39, 0.29) is 51.8 Å². The number of allylic oxidation sites excluding steroid dienone is 10. The van der Waals surface area contributed by atoms with E-state index in [9.17, 15) is 20.4 Å². The van der Waals surface area contributed by atoms with Crippen LogP contribution in [0.2, 0.25) is 0 Å². The minimum Gasteiger partial charge on any atom is -0.516 e. The zero-order valence-corrected chi connectivity index (χ0v) is 56.3.